The van der Waals surface area contributed by atoms with Crippen LogP contribution in [0.2, 0.25) is 0 Å². The molecule has 0 aromatic heterocycles. The zero-order valence-corrected chi connectivity index (χ0v) is 8.99. The van der Waals surface area contributed by atoms with Crippen LogP contribution in [0.5, 0.6) is 0 Å². The number of carboxylic acid groups (broad SMARTS) is 2. The molecule has 0 saturated heterocycles. The van der Waals surface area contributed by atoms with Gasteiger partial charge in [-0.2, -0.15) is 0 Å². The molecule has 4 nitrogen and oxygen atoms in total. The maximum Gasteiger partial charge on any atom is 2.00 e. The molecule has 62 valence electrons. The summed E-state index contributed by atoms with van der Waals surface area (Å²) in [6.45, 7) is 5.25. The van der Waals surface area contributed by atoms with Crippen LogP contribution < -0.4 is 10.2 Å². The van der Waals surface area contributed by atoms with Gasteiger partial charge in [-0.1, -0.05) is 6.08 Å². The fourth-order valence-electron chi connectivity index (χ4n) is 0.136. The van der Waals surface area contributed by atoms with E-state index in [0.29, 0.717) is 12.2 Å². The molecule has 12 heavy (non-hydrogen) atoms. The fourth-order valence-corrected chi connectivity index (χ4v) is 0.136. The average molecular weight is 196 g/mol. The molecule has 0 aromatic carbocycles. The topological polar surface area (TPSA) is 80.3 Å². The van der Waals surface area contributed by atoms with E-state index >= 15 is 0 Å². The van der Waals surface area contributed by atoms with Gasteiger partial charge < -0.3 is 19.8 Å². The normalized spacial score (nSPS) is 7.42. The second-order valence-electron chi connectivity index (χ2n) is 1.38. The van der Waals surface area contributed by atoms with Gasteiger partial charge in [-0.25, -0.2) is 0 Å². The molecule has 0 spiro atoms. The van der Waals surface area contributed by atoms with Crippen LogP contribution in [0.4, 0.5) is 0 Å². The maximum absolute atomic E-state index is 9.41. The molecule has 0 bridgehead atoms. The molecule has 0 aromatic rings. The van der Waals surface area contributed by atoms with E-state index in [1.54, 1.807) is 6.08 Å². The van der Waals surface area contributed by atoms with Crippen molar-refractivity contribution >= 4 is 49.7 Å². The molecule has 0 aliphatic rings. The Labute approximate surface area is 101 Å². The van der Waals surface area contributed by atoms with Crippen molar-refractivity contribution in [2.45, 2.75) is 6.92 Å². The van der Waals surface area contributed by atoms with Crippen molar-refractivity contribution in [3.05, 3.63) is 24.8 Å². The SMILES string of the molecule is C=CC.O=C([O-])/C=C\C(=O)[O-].[Ca+2]. The summed E-state index contributed by atoms with van der Waals surface area (Å²) in [5.41, 5.74) is 0. The molecule has 0 aliphatic carbocycles. The van der Waals surface area contributed by atoms with Gasteiger partial charge in [0, 0.05) is 0 Å². The Morgan fingerprint density at radius 2 is 1.33 bits per heavy atom. The van der Waals surface area contributed by atoms with E-state index in [-0.39, 0.29) is 37.7 Å². The molecule has 5 heteroatoms. The van der Waals surface area contributed by atoms with Crippen molar-refractivity contribution < 1.29 is 19.8 Å². The quantitative estimate of drug-likeness (QED) is 0.286. The van der Waals surface area contributed by atoms with Gasteiger partial charge in [0.05, 0.1) is 11.9 Å². The van der Waals surface area contributed by atoms with Crippen molar-refractivity contribution in [1.82, 2.24) is 0 Å². The summed E-state index contributed by atoms with van der Waals surface area (Å²) in [6, 6.07) is 0. The van der Waals surface area contributed by atoms with E-state index in [1.165, 1.54) is 0 Å². The molecule has 0 saturated carbocycles. The first-order valence-corrected chi connectivity index (χ1v) is 2.71. The van der Waals surface area contributed by atoms with Crippen LogP contribution in [-0.4, -0.2) is 49.7 Å². The summed E-state index contributed by atoms with van der Waals surface area (Å²) >= 11 is 0. The number of hydrogen-bond acceptors (Lipinski definition) is 4. The number of carboxylic acids is 2. The number of rotatable bonds is 2. The van der Waals surface area contributed by atoms with Gasteiger partial charge in [0.15, 0.2) is 0 Å². The first-order valence-electron chi connectivity index (χ1n) is 2.71. The third-order valence-electron chi connectivity index (χ3n) is 0.355. The number of aliphatic carboxylic acids is 2. The third kappa shape index (κ3) is 33.3. The van der Waals surface area contributed by atoms with E-state index in [4.69, 9.17) is 0 Å². The van der Waals surface area contributed by atoms with Crippen LogP contribution in [0.3, 0.4) is 0 Å². The minimum Gasteiger partial charge on any atom is -0.545 e. The van der Waals surface area contributed by atoms with Crippen LogP contribution in [0.15, 0.2) is 24.8 Å². The van der Waals surface area contributed by atoms with E-state index in [2.05, 4.69) is 6.58 Å². The minimum absolute atomic E-state index is 0. The molecule has 0 amide bonds. The molecule has 0 N–H and O–H groups in total. The summed E-state index contributed by atoms with van der Waals surface area (Å²) in [7, 11) is 0. The van der Waals surface area contributed by atoms with E-state index in [1.807, 2.05) is 6.92 Å². The van der Waals surface area contributed by atoms with Crippen molar-refractivity contribution in [3.63, 3.8) is 0 Å². The Morgan fingerprint density at radius 3 is 1.42 bits per heavy atom. The first-order chi connectivity index (χ1) is 5.04. The Balaban J connectivity index is -0.000000177. The molecule has 0 unspecified atom stereocenters. The Hall–Kier alpha value is -0.320. The number of hydrogen-bond donors (Lipinski definition) is 0. The zero-order valence-electron chi connectivity index (χ0n) is 6.78. The number of carbonyl (C=O) groups is 2. The summed E-state index contributed by atoms with van der Waals surface area (Å²) < 4.78 is 0. The molecule has 0 radical (unpaired) electrons. The molecular weight excluding hydrogens is 188 g/mol. The van der Waals surface area contributed by atoms with Crippen LogP contribution in [0.25, 0.3) is 0 Å². The Bertz CT molecular complexity index is 158. The van der Waals surface area contributed by atoms with Crippen molar-refractivity contribution in [3.8, 4) is 0 Å². The predicted molar refractivity (Wildman–Crippen MR) is 40.8 cm³/mol. The third-order valence-corrected chi connectivity index (χ3v) is 0.355. The van der Waals surface area contributed by atoms with Gasteiger partial charge in [-0.15, -0.1) is 6.58 Å². The molecule has 0 aliphatic heterocycles. The Morgan fingerprint density at radius 1 is 1.17 bits per heavy atom. The summed E-state index contributed by atoms with van der Waals surface area (Å²) in [4.78, 5) is 18.8. The summed E-state index contributed by atoms with van der Waals surface area (Å²) in [6.07, 6.45) is 2.52. The smallest absolute Gasteiger partial charge is 0.545 e. The first kappa shape index (κ1) is 17.7. The van der Waals surface area contributed by atoms with Gasteiger partial charge in [-0.3, -0.25) is 0 Å². The second kappa shape index (κ2) is 13.3. The summed E-state index contributed by atoms with van der Waals surface area (Å²) in [5.74, 6) is -3.09. The van der Waals surface area contributed by atoms with Crippen LogP contribution in [0.1, 0.15) is 6.92 Å². The van der Waals surface area contributed by atoms with Crippen LogP contribution >= 0.6 is 0 Å². The number of carbonyl (C=O) groups excluding carboxylic acids is 2. The fraction of sp³-hybridized carbons (Fsp3) is 0.143. The van der Waals surface area contributed by atoms with E-state index in [9.17, 15) is 19.8 Å². The minimum atomic E-state index is -1.55. The number of allylic oxidation sites excluding steroid dienone is 1. The molecule has 0 rings (SSSR count). The van der Waals surface area contributed by atoms with Gasteiger partial charge >= 0.3 is 37.7 Å². The second-order valence-corrected chi connectivity index (χ2v) is 1.38. The maximum atomic E-state index is 9.41. The largest absolute Gasteiger partial charge is 2.00 e. The van der Waals surface area contributed by atoms with Gasteiger partial charge in [0.1, 0.15) is 0 Å². The van der Waals surface area contributed by atoms with Gasteiger partial charge in [0.2, 0.25) is 0 Å². The molecular formula is C7H8CaO4. The van der Waals surface area contributed by atoms with Crippen molar-refractivity contribution in [1.29, 1.82) is 0 Å². The molecule has 0 fully saturated rings. The van der Waals surface area contributed by atoms with Crippen LogP contribution in [-0.2, 0) is 9.59 Å². The molecule has 0 atom stereocenters. The van der Waals surface area contributed by atoms with Crippen LogP contribution in [0, 0.1) is 0 Å². The monoisotopic (exact) mass is 196 g/mol. The van der Waals surface area contributed by atoms with Gasteiger partial charge in [-0.05, 0) is 19.1 Å². The predicted octanol–water partition coefficient (Wildman–Crippen LogP) is -2.15. The van der Waals surface area contributed by atoms with E-state index < -0.39 is 11.9 Å². The average Bonchev–Trinajstić information content (AvgIpc) is 1.85. The Kier molecular flexibility index (Phi) is 19.6. The summed E-state index contributed by atoms with van der Waals surface area (Å²) in [5, 5.41) is 18.8. The zero-order chi connectivity index (χ0) is 9.28. The molecule has 0 heterocycles. The van der Waals surface area contributed by atoms with E-state index in [0.717, 1.165) is 0 Å². The standard InChI is InChI=1S/C4H4O4.C3H6.Ca/c5-3(6)1-2-4(7)8;1-3-2;/h1-2H,(H,5,6)(H,7,8);3H,1H2,2H3;/q;;+2/p-2/b2-1-;;. The van der Waals surface area contributed by atoms with Crippen molar-refractivity contribution in [2.24, 2.45) is 0 Å². The van der Waals surface area contributed by atoms with Gasteiger partial charge in [0.25, 0.3) is 0 Å². The van der Waals surface area contributed by atoms with Crippen molar-refractivity contribution in [2.75, 3.05) is 0 Å².